The molecule has 6 nitrogen and oxygen atoms in total. The number of halogens is 2. The van der Waals surface area contributed by atoms with Crippen molar-refractivity contribution in [1.82, 2.24) is 4.31 Å². The molecule has 4 aliphatic rings. The molecule has 0 unspecified atom stereocenters. The summed E-state index contributed by atoms with van der Waals surface area (Å²) >= 11 is 12.8. The largest absolute Gasteiger partial charge is 0.453 e. The minimum Gasteiger partial charge on any atom is -0.453 e. The smallest absolute Gasteiger partial charge is 0.339 e. The van der Waals surface area contributed by atoms with Crippen molar-refractivity contribution in [3.05, 3.63) is 68.7 Å². The van der Waals surface area contributed by atoms with E-state index in [1.165, 1.54) is 12.1 Å². The Morgan fingerprint density at radius 1 is 1.05 bits per heavy atom. The van der Waals surface area contributed by atoms with Gasteiger partial charge in [0.05, 0.1) is 33.0 Å². The number of esters is 1. The Morgan fingerprint density at radius 2 is 1.74 bits per heavy atom. The molecule has 1 aliphatic heterocycles. The number of hydrogen-bond donors (Lipinski definition) is 0. The fourth-order valence-corrected chi connectivity index (χ4v) is 11.6. The fraction of sp³-hybridized carbons (Fsp3) is 0.576. The van der Waals surface area contributed by atoms with Gasteiger partial charge in [-0.1, -0.05) is 88.0 Å². The van der Waals surface area contributed by atoms with Crippen molar-refractivity contribution in [3.63, 3.8) is 0 Å². The van der Waals surface area contributed by atoms with E-state index in [2.05, 4.69) is 33.8 Å². The average molecular weight is 633 g/mol. The van der Waals surface area contributed by atoms with Gasteiger partial charge in [0.1, 0.15) is 6.10 Å². The molecule has 1 spiro atoms. The van der Waals surface area contributed by atoms with Gasteiger partial charge in [0.15, 0.2) is 0 Å². The van der Waals surface area contributed by atoms with Crippen LogP contribution in [0.3, 0.4) is 0 Å². The predicted octanol–water partition coefficient (Wildman–Crippen LogP) is 8.01. The highest BCUT2D eigenvalue weighted by Gasteiger charge is 2.72. The van der Waals surface area contributed by atoms with Gasteiger partial charge in [-0.15, -0.1) is 0 Å². The lowest BCUT2D eigenvalue weighted by Crippen LogP contribution is -2.44. The van der Waals surface area contributed by atoms with Gasteiger partial charge in [0, 0.05) is 10.8 Å². The molecule has 0 N–H and O–H groups in total. The minimum absolute atomic E-state index is 0.0599. The number of nitrogens with zero attached hydrogens (tertiary/aromatic N) is 1. The van der Waals surface area contributed by atoms with Gasteiger partial charge in [-0.05, 0) is 73.1 Å². The highest BCUT2D eigenvalue weighted by atomic mass is 35.5. The first-order valence-corrected chi connectivity index (χ1v) is 17.5. The van der Waals surface area contributed by atoms with Gasteiger partial charge in [0.25, 0.3) is 5.91 Å². The normalized spacial score (nSPS) is 32.0. The van der Waals surface area contributed by atoms with Crippen molar-refractivity contribution in [1.29, 1.82) is 0 Å². The van der Waals surface area contributed by atoms with E-state index < -0.39 is 39.5 Å². The van der Waals surface area contributed by atoms with Crippen molar-refractivity contribution in [2.75, 3.05) is 5.75 Å². The summed E-state index contributed by atoms with van der Waals surface area (Å²) in [6.45, 7) is 8.56. The Morgan fingerprint density at radius 3 is 2.43 bits per heavy atom. The number of benzene rings is 2. The molecule has 2 bridgehead atoms. The second kappa shape index (κ2) is 10.2. The number of rotatable bonds is 6. The molecule has 0 aromatic heterocycles. The van der Waals surface area contributed by atoms with Crippen LogP contribution in [0, 0.1) is 22.2 Å². The van der Waals surface area contributed by atoms with Crippen LogP contribution in [-0.4, -0.2) is 36.4 Å². The predicted molar refractivity (Wildman–Crippen MR) is 164 cm³/mol. The number of aryl methyl sites for hydroxylation is 1. The summed E-state index contributed by atoms with van der Waals surface area (Å²) in [5.41, 5.74) is 0.981. The van der Waals surface area contributed by atoms with Crippen molar-refractivity contribution >= 4 is 45.1 Å². The molecule has 1 saturated heterocycles. The lowest BCUT2D eigenvalue weighted by atomic mass is 9.68. The Bertz CT molecular complexity index is 1570. The van der Waals surface area contributed by atoms with Gasteiger partial charge < -0.3 is 4.74 Å². The van der Waals surface area contributed by atoms with E-state index in [0.717, 1.165) is 60.4 Å². The van der Waals surface area contributed by atoms with Crippen LogP contribution in [0.1, 0.15) is 111 Å². The average Bonchev–Trinajstić information content (AvgIpc) is 3.42. The van der Waals surface area contributed by atoms with Gasteiger partial charge in [-0.25, -0.2) is 17.5 Å². The first kappa shape index (κ1) is 30.0. The summed E-state index contributed by atoms with van der Waals surface area (Å²) < 4.78 is 34.7. The second-order valence-corrected chi connectivity index (χ2v) is 16.4. The van der Waals surface area contributed by atoms with Gasteiger partial charge in [-0.3, -0.25) is 4.79 Å². The van der Waals surface area contributed by atoms with E-state index in [1.807, 2.05) is 18.2 Å². The number of amides is 1. The third-order valence-electron chi connectivity index (χ3n) is 11.4. The highest BCUT2D eigenvalue weighted by molar-refractivity contribution is 7.90. The van der Waals surface area contributed by atoms with E-state index in [1.54, 1.807) is 0 Å². The molecule has 5 atom stereocenters. The summed E-state index contributed by atoms with van der Waals surface area (Å²) in [5.74, 6) is -1.15. The molecule has 3 fully saturated rings. The molecule has 42 heavy (non-hydrogen) atoms. The van der Waals surface area contributed by atoms with Gasteiger partial charge in [0.2, 0.25) is 10.0 Å². The number of sulfonamides is 1. The fourth-order valence-electron chi connectivity index (χ4n) is 8.72. The molecule has 2 aromatic rings. The number of carbonyl (C=O) groups is 2. The molecule has 9 heteroatoms. The van der Waals surface area contributed by atoms with Crippen LogP contribution in [-0.2, 0) is 21.2 Å². The molecule has 6 rings (SSSR count). The van der Waals surface area contributed by atoms with Crippen LogP contribution in [0.25, 0.3) is 0 Å². The molecule has 2 saturated carbocycles. The summed E-state index contributed by atoms with van der Waals surface area (Å²) in [6, 6.07) is 10.2. The summed E-state index contributed by atoms with van der Waals surface area (Å²) in [5, 5.41) is 0.173. The molecule has 2 aromatic carbocycles. The molecule has 0 radical (unpaired) electrons. The lowest BCUT2D eigenvalue weighted by Gasteiger charge is -2.42. The third kappa shape index (κ3) is 4.35. The maximum absolute atomic E-state index is 14.3. The molecule has 3 aliphatic carbocycles. The molecule has 1 amide bonds. The van der Waals surface area contributed by atoms with E-state index in [-0.39, 0.29) is 37.8 Å². The molecular formula is C33H39Cl2NO5S. The summed E-state index contributed by atoms with van der Waals surface area (Å²) in [7, 11) is -3.91. The lowest BCUT2D eigenvalue weighted by molar-refractivity contribution is -0.0275. The van der Waals surface area contributed by atoms with Crippen LogP contribution >= 0.6 is 23.2 Å². The first-order valence-electron chi connectivity index (χ1n) is 15.1. The third-order valence-corrected chi connectivity index (χ3v) is 14.0. The van der Waals surface area contributed by atoms with Crippen molar-refractivity contribution < 1.29 is 22.7 Å². The second-order valence-electron chi connectivity index (χ2n) is 13.8. The zero-order valence-corrected chi connectivity index (χ0v) is 27.0. The standard InChI is InChI=1S/C33H39Cl2NO5S/c1-5-6-13-32(4)14-11-20-9-7-8-10-22(20)28(32)41-30(38)24-18-26(35)25(34)17-23(24)29(37)36-27-16-21-12-15-33(27,31(21,2)3)19-42(36,39)40/h7-10,17-18,21,27-28H,5-6,11-16,19H2,1-4H3/t21-,27-,28+,32+,33-/m1/s1. The number of ether oxygens (including phenoxy) is 1. The summed E-state index contributed by atoms with van der Waals surface area (Å²) in [4.78, 5) is 28.3. The zero-order chi connectivity index (χ0) is 30.2. The van der Waals surface area contributed by atoms with Crippen molar-refractivity contribution in [2.24, 2.45) is 22.2 Å². The summed E-state index contributed by atoms with van der Waals surface area (Å²) in [6.07, 6.45) is 6.50. The van der Waals surface area contributed by atoms with Crippen LogP contribution < -0.4 is 0 Å². The number of carbonyl (C=O) groups excluding carboxylic acids is 2. The van der Waals surface area contributed by atoms with Crippen LogP contribution in [0.5, 0.6) is 0 Å². The van der Waals surface area contributed by atoms with Crippen LogP contribution in [0.2, 0.25) is 10.0 Å². The van der Waals surface area contributed by atoms with Crippen LogP contribution in [0.15, 0.2) is 36.4 Å². The van der Waals surface area contributed by atoms with Crippen LogP contribution in [0.4, 0.5) is 0 Å². The maximum atomic E-state index is 14.3. The van der Waals surface area contributed by atoms with E-state index in [9.17, 15) is 18.0 Å². The molecule has 1 heterocycles. The number of hydrogen-bond acceptors (Lipinski definition) is 5. The topological polar surface area (TPSA) is 80.8 Å². The Kier molecular flexibility index (Phi) is 7.30. The SMILES string of the molecule is CCCC[C@@]1(C)CCc2ccccc2[C@@H]1OC(=O)c1cc(Cl)c(Cl)cc1C(=O)N1[C@@H]2C[C@H]3CC[C@]2(CS1(=O)=O)C3(C)C. The van der Waals surface area contributed by atoms with Gasteiger partial charge in [-0.2, -0.15) is 0 Å². The van der Waals surface area contributed by atoms with E-state index >= 15 is 0 Å². The minimum atomic E-state index is -3.91. The molecule has 226 valence electrons. The number of fused-ring (bicyclic) bond motifs is 2. The maximum Gasteiger partial charge on any atom is 0.339 e. The number of unbranched alkanes of at least 4 members (excludes halogenated alkanes) is 1. The highest BCUT2D eigenvalue weighted by Crippen LogP contribution is 2.70. The van der Waals surface area contributed by atoms with Crippen molar-refractivity contribution in [3.8, 4) is 0 Å². The van der Waals surface area contributed by atoms with E-state index in [0.29, 0.717) is 12.3 Å². The Labute approximate surface area is 259 Å². The molecular weight excluding hydrogens is 593 g/mol. The van der Waals surface area contributed by atoms with Crippen molar-refractivity contribution in [2.45, 2.75) is 91.2 Å². The zero-order valence-electron chi connectivity index (χ0n) is 24.7. The first-order chi connectivity index (χ1) is 19.8. The monoisotopic (exact) mass is 631 g/mol. The quantitative estimate of drug-likeness (QED) is 0.302. The van der Waals surface area contributed by atoms with E-state index in [4.69, 9.17) is 27.9 Å². The van der Waals surface area contributed by atoms with Gasteiger partial charge >= 0.3 is 5.97 Å². The Hall–Kier alpha value is -2.09. The Balaban J connectivity index is 1.39.